The van der Waals surface area contributed by atoms with E-state index in [2.05, 4.69) is 24.8 Å². The lowest BCUT2D eigenvalue weighted by molar-refractivity contribution is -0.385. The Kier molecular flexibility index (Phi) is 4.05. The fraction of sp³-hybridized carbons (Fsp3) is 0.400. The van der Waals surface area contributed by atoms with Crippen LogP contribution in [0.25, 0.3) is 0 Å². The van der Waals surface area contributed by atoms with Crippen molar-refractivity contribution in [3.05, 3.63) is 46.0 Å². The second-order valence-corrected chi connectivity index (χ2v) is 5.53. The van der Waals surface area contributed by atoms with Crippen LogP contribution in [0.15, 0.2) is 24.5 Å². The van der Waals surface area contributed by atoms with Crippen molar-refractivity contribution < 1.29 is 4.92 Å². The summed E-state index contributed by atoms with van der Waals surface area (Å²) in [5.41, 5.74) is 1.85. The van der Waals surface area contributed by atoms with Crippen molar-refractivity contribution in [2.24, 2.45) is 0 Å². The molecular weight excluding hydrogens is 296 g/mol. The number of hydrogen-bond donors (Lipinski definition) is 0. The van der Waals surface area contributed by atoms with E-state index in [1.807, 2.05) is 13.8 Å². The second-order valence-electron chi connectivity index (χ2n) is 5.53. The number of piperazine rings is 1. The average molecular weight is 314 g/mol. The molecule has 1 fully saturated rings. The van der Waals surface area contributed by atoms with Gasteiger partial charge in [-0.1, -0.05) is 0 Å². The number of nitrogens with zero attached hydrogens (tertiary/aromatic N) is 6. The Morgan fingerprint density at radius 1 is 1.04 bits per heavy atom. The Hall–Kier alpha value is -2.77. The average Bonchev–Trinajstić information content (AvgIpc) is 2.57. The number of hydrogen-bond acceptors (Lipinski definition) is 7. The molecule has 2 aromatic heterocycles. The molecule has 120 valence electrons. The smallest absolute Gasteiger partial charge is 0.287 e. The second kappa shape index (κ2) is 6.15. The highest BCUT2D eigenvalue weighted by atomic mass is 16.6. The Bertz CT molecular complexity index is 710. The van der Waals surface area contributed by atoms with Gasteiger partial charge in [0.25, 0.3) is 5.69 Å². The molecule has 0 aliphatic carbocycles. The van der Waals surface area contributed by atoms with Gasteiger partial charge in [-0.25, -0.2) is 9.97 Å². The first kappa shape index (κ1) is 15.1. The molecule has 1 aliphatic rings. The first-order chi connectivity index (χ1) is 11.0. The highest BCUT2D eigenvalue weighted by Crippen LogP contribution is 2.21. The maximum atomic E-state index is 10.7. The molecule has 0 N–H and O–H groups in total. The third-order valence-corrected chi connectivity index (χ3v) is 3.90. The van der Waals surface area contributed by atoms with Crippen LogP contribution in [-0.2, 0) is 0 Å². The highest BCUT2D eigenvalue weighted by molar-refractivity contribution is 5.48. The topological polar surface area (TPSA) is 88.3 Å². The standard InChI is InChI=1S/C15H18N6O2/c1-11-9-16-12(2)15(18-11)20-7-5-19(6-8-20)14-4-3-13(10-17-14)21(22)23/h3-4,9-10H,5-8H2,1-2H3. The fourth-order valence-electron chi connectivity index (χ4n) is 2.64. The highest BCUT2D eigenvalue weighted by Gasteiger charge is 2.21. The van der Waals surface area contributed by atoms with E-state index in [9.17, 15) is 10.1 Å². The van der Waals surface area contributed by atoms with Gasteiger partial charge in [0.2, 0.25) is 0 Å². The zero-order valence-corrected chi connectivity index (χ0v) is 13.1. The van der Waals surface area contributed by atoms with Crippen molar-refractivity contribution in [3.63, 3.8) is 0 Å². The Balaban J connectivity index is 1.68. The van der Waals surface area contributed by atoms with Crippen LogP contribution < -0.4 is 9.80 Å². The quantitative estimate of drug-likeness (QED) is 0.629. The molecule has 8 heteroatoms. The number of anilines is 2. The molecule has 0 amide bonds. The molecule has 0 unspecified atom stereocenters. The van der Waals surface area contributed by atoms with E-state index >= 15 is 0 Å². The molecule has 0 bridgehead atoms. The lowest BCUT2D eigenvalue weighted by Gasteiger charge is -2.36. The summed E-state index contributed by atoms with van der Waals surface area (Å²) in [5.74, 6) is 1.70. The Morgan fingerprint density at radius 2 is 1.74 bits per heavy atom. The number of aryl methyl sites for hydroxylation is 2. The van der Waals surface area contributed by atoms with Gasteiger partial charge in [0.15, 0.2) is 0 Å². The molecule has 0 radical (unpaired) electrons. The van der Waals surface area contributed by atoms with E-state index in [0.29, 0.717) is 0 Å². The van der Waals surface area contributed by atoms with Crippen LogP contribution in [0.1, 0.15) is 11.4 Å². The third-order valence-electron chi connectivity index (χ3n) is 3.90. The first-order valence-corrected chi connectivity index (χ1v) is 7.45. The summed E-state index contributed by atoms with van der Waals surface area (Å²) >= 11 is 0. The van der Waals surface area contributed by atoms with E-state index in [1.165, 1.54) is 12.3 Å². The van der Waals surface area contributed by atoms with Crippen LogP contribution in [0.2, 0.25) is 0 Å². The molecule has 0 spiro atoms. The van der Waals surface area contributed by atoms with Gasteiger partial charge in [0.05, 0.1) is 16.3 Å². The molecule has 0 aromatic carbocycles. The van der Waals surface area contributed by atoms with Gasteiger partial charge in [-0.15, -0.1) is 0 Å². The number of rotatable bonds is 3. The van der Waals surface area contributed by atoms with Crippen molar-refractivity contribution in [2.45, 2.75) is 13.8 Å². The van der Waals surface area contributed by atoms with Gasteiger partial charge in [0, 0.05) is 38.4 Å². The van der Waals surface area contributed by atoms with Crippen molar-refractivity contribution in [2.75, 3.05) is 36.0 Å². The van der Waals surface area contributed by atoms with E-state index in [0.717, 1.165) is 49.2 Å². The van der Waals surface area contributed by atoms with E-state index in [4.69, 9.17) is 0 Å². The van der Waals surface area contributed by atoms with Crippen LogP contribution in [-0.4, -0.2) is 46.1 Å². The number of pyridine rings is 1. The molecule has 3 rings (SSSR count). The molecule has 8 nitrogen and oxygen atoms in total. The summed E-state index contributed by atoms with van der Waals surface area (Å²) in [7, 11) is 0. The van der Waals surface area contributed by atoms with E-state index < -0.39 is 4.92 Å². The Labute approximate surface area is 134 Å². The van der Waals surface area contributed by atoms with Crippen molar-refractivity contribution >= 4 is 17.3 Å². The van der Waals surface area contributed by atoms with Gasteiger partial charge < -0.3 is 9.80 Å². The zero-order valence-electron chi connectivity index (χ0n) is 13.1. The SMILES string of the molecule is Cc1cnc(C)c(N2CCN(c3ccc([N+](=O)[O-])cn3)CC2)n1. The molecular formula is C15H18N6O2. The molecule has 0 atom stereocenters. The van der Waals surface area contributed by atoms with Crippen LogP contribution in [0, 0.1) is 24.0 Å². The van der Waals surface area contributed by atoms with Crippen LogP contribution in [0.3, 0.4) is 0 Å². The molecule has 1 saturated heterocycles. The van der Waals surface area contributed by atoms with Crippen molar-refractivity contribution in [1.82, 2.24) is 15.0 Å². The van der Waals surface area contributed by atoms with Gasteiger partial charge in [-0.2, -0.15) is 0 Å². The predicted molar refractivity (Wildman–Crippen MR) is 86.8 cm³/mol. The van der Waals surface area contributed by atoms with E-state index in [1.54, 1.807) is 12.3 Å². The van der Waals surface area contributed by atoms with Gasteiger partial charge >= 0.3 is 0 Å². The molecule has 3 heterocycles. The summed E-state index contributed by atoms with van der Waals surface area (Å²) in [6.07, 6.45) is 3.08. The minimum Gasteiger partial charge on any atom is -0.353 e. The van der Waals surface area contributed by atoms with Crippen molar-refractivity contribution in [3.8, 4) is 0 Å². The number of nitro groups is 1. The number of aromatic nitrogens is 3. The van der Waals surface area contributed by atoms with E-state index in [-0.39, 0.29) is 5.69 Å². The summed E-state index contributed by atoms with van der Waals surface area (Å²) in [6, 6.07) is 3.19. The maximum absolute atomic E-state index is 10.7. The first-order valence-electron chi connectivity index (χ1n) is 7.45. The molecule has 1 aliphatic heterocycles. The minimum absolute atomic E-state index is 0.0121. The summed E-state index contributed by atoms with van der Waals surface area (Å²) in [5, 5.41) is 10.7. The zero-order chi connectivity index (χ0) is 16.4. The largest absolute Gasteiger partial charge is 0.353 e. The molecule has 23 heavy (non-hydrogen) atoms. The van der Waals surface area contributed by atoms with Gasteiger partial charge in [0.1, 0.15) is 17.8 Å². The fourth-order valence-corrected chi connectivity index (χ4v) is 2.64. The predicted octanol–water partition coefficient (Wildman–Crippen LogP) is 1.72. The molecule has 2 aromatic rings. The van der Waals surface area contributed by atoms with Crippen LogP contribution in [0.5, 0.6) is 0 Å². The Morgan fingerprint density at radius 3 is 2.35 bits per heavy atom. The maximum Gasteiger partial charge on any atom is 0.287 e. The summed E-state index contributed by atoms with van der Waals surface area (Å²) in [4.78, 5) is 27.7. The summed E-state index contributed by atoms with van der Waals surface area (Å²) < 4.78 is 0. The normalized spacial score (nSPS) is 14.9. The molecule has 0 saturated carbocycles. The van der Waals surface area contributed by atoms with Crippen molar-refractivity contribution in [1.29, 1.82) is 0 Å². The van der Waals surface area contributed by atoms with Gasteiger partial charge in [-0.3, -0.25) is 15.1 Å². The van der Waals surface area contributed by atoms with Crippen LogP contribution >= 0.6 is 0 Å². The van der Waals surface area contributed by atoms with Crippen LogP contribution in [0.4, 0.5) is 17.3 Å². The summed E-state index contributed by atoms with van der Waals surface area (Å²) in [6.45, 7) is 7.12. The minimum atomic E-state index is -0.437. The third kappa shape index (κ3) is 3.20. The monoisotopic (exact) mass is 314 g/mol. The lowest BCUT2D eigenvalue weighted by Crippen LogP contribution is -2.47. The lowest BCUT2D eigenvalue weighted by atomic mass is 10.2. The van der Waals surface area contributed by atoms with Gasteiger partial charge in [-0.05, 0) is 19.9 Å².